The quantitative estimate of drug-likeness (QED) is 0.309. The molecule has 2 saturated heterocycles. The van der Waals surface area contributed by atoms with Crippen molar-refractivity contribution in [2.24, 2.45) is 0 Å². The zero-order valence-electron chi connectivity index (χ0n) is 28.2. The van der Waals surface area contributed by atoms with Crippen LogP contribution in [-0.4, -0.2) is 124 Å². The van der Waals surface area contributed by atoms with Gasteiger partial charge in [-0.3, -0.25) is 14.7 Å². The van der Waals surface area contributed by atoms with Crippen LogP contribution >= 0.6 is 0 Å². The number of esters is 1. The maximum Gasteiger partial charge on any atom is 0.339 e. The minimum atomic E-state index is -1.97. The number of methoxy groups -OCH3 is 1. The van der Waals surface area contributed by atoms with Crippen molar-refractivity contribution in [3.05, 3.63) is 35.1 Å². The van der Waals surface area contributed by atoms with Crippen LogP contribution in [0.5, 0.6) is 11.5 Å². The largest absolute Gasteiger partial charge is 0.497 e. The number of nitrogens with zero attached hydrogens (tertiary/aromatic N) is 3. The lowest BCUT2D eigenvalue weighted by Crippen LogP contribution is -2.55. The molecule has 46 heavy (non-hydrogen) atoms. The van der Waals surface area contributed by atoms with Crippen molar-refractivity contribution in [3.8, 4) is 11.5 Å². The summed E-state index contributed by atoms with van der Waals surface area (Å²) in [4.78, 5) is 21.1. The number of hydrogen-bond donors (Lipinski definition) is 3. The van der Waals surface area contributed by atoms with Crippen LogP contribution in [-0.2, 0) is 20.7 Å². The Morgan fingerprint density at radius 3 is 2.41 bits per heavy atom. The highest BCUT2D eigenvalue weighted by molar-refractivity contribution is 5.80. The Kier molecular flexibility index (Phi) is 9.39. The summed E-state index contributed by atoms with van der Waals surface area (Å²) in [6.07, 6.45) is 3.72. The molecule has 256 valence electrons. The fourth-order valence-corrected chi connectivity index (χ4v) is 8.40. The minimum Gasteiger partial charge on any atom is -0.497 e. The maximum absolute atomic E-state index is 14.3. The molecule has 0 saturated carbocycles. The Labute approximate surface area is 273 Å². The molecule has 3 N–H and O–H groups in total. The Morgan fingerprint density at radius 1 is 1.04 bits per heavy atom. The molecule has 5 atom stereocenters. The molecule has 1 unspecified atom stereocenters. The zero-order valence-corrected chi connectivity index (χ0v) is 28.2. The minimum absolute atomic E-state index is 0.0504. The first-order valence-corrected chi connectivity index (χ1v) is 17.1. The number of hydrogen-bond acceptors (Lipinski definition) is 11. The van der Waals surface area contributed by atoms with E-state index in [2.05, 4.69) is 35.8 Å². The number of benzene rings is 1. The van der Waals surface area contributed by atoms with Crippen molar-refractivity contribution in [3.63, 3.8) is 0 Å². The van der Waals surface area contributed by atoms with Crippen LogP contribution in [0.15, 0.2) is 24.0 Å². The van der Waals surface area contributed by atoms with E-state index >= 15 is 0 Å². The zero-order chi connectivity index (χ0) is 32.9. The molecular formula is C35H53N3O8. The van der Waals surface area contributed by atoms with E-state index in [1.54, 1.807) is 21.0 Å². The average molecular weight is 644 g/mol. The molecule has 1 aromatic carbocycles. The predicted molar refractivity (Wildman–Crippen MR) is 172 cm³/mol. The summed E-state index contributed by atoms with van der Waals surface area (Å²) in [5.41, 5.74) is -1.15. The molecule has 0 bridgehead atoms. The second-order valence-corrected chi connectivity index (χ2v) is 14.8. The summed E-state index contributed by atoms with van der Waals surface area (Å²) >= 11 is 0. The molecule has 2 fully saturated rings. The summed E-state index contributed by atoms with van der Waals surface area (Å²) in [6, 6.07) is 4.50. The highest BCUT2D eigenvalue weighted by Gasteiger charge is 2.59. The van der Waals surface area contributed by atoms with Crippen LogP contribution in [0.3, 0.4) is 0 Å². The molecule has 5 aliphatic rings. The molecule has 0 amide bonds. The molecule has 1 spiro atoms. The van der Waals surface area contributed by atoms with E-state index in [0.717, 1.165) is 62.3 Å². The smallest absolute Gasteiger partial charge is 0.339 e. The van der Waals surface area contributed by atoms with Gasteiger partial charge in [-0.1, -0.05) is 0 Å². The third-order valence-corrected chi connectivity index (χ3v) is 11.0. The monoisotopic (exact) mass is 643 g/mol. The first-order valence-electron chi connectivity index (χ1n) is 17.1. The summed E-state index contributed by atoms with van der Waals surface area (Å²) < 4.78 is 23.9. The van der Waals surface area contributed by atoms with Gasteiger partial charge in [0.15, 0.2) is 23.2 Å². The van der Waals surface area contributed by atoms with E-state index in [0.29, 0.717) is 43.5 Å². The normalized spacial score (nSPS) is 28.6. The number of rotatable bonds is 11. The molecule has 0 radical (unpaired) electrons. The van der Waals surface area contributed by atoms with Crippen LogP contribution in [0.2, 0.25) is 0 Å². The number of carbonyl (C=O) groups excluding carboxylic acids is 1. The second-order valence-electron chi connectivity index (χ2n) is 14.8. The maximum atomic E-state index is 14.3. The molecule has 1 aromatic rings. The number of aliphatic hydroxyl groups is 3. The first kappa shape index (κ1) is 33.5. The van der Waals surface area contributed by atoms with Gasteiger partial charge in [-0.15, -0.1) is 0 Å². The average Bonchev–Trinajstić information content (AvgIpc) is 3.70. The highest BCUT2D eigenvalue weighted by Crippen LogP contribution is 2.55. The number of ether oxygens (including phenoxy) is 4. The Bertz CT molecular complexity index is 1310. The number of aliphatic hydroxyl groups excluding tert-OH is 1. The van der Waals surface area contributed by atoms with Gasteiger partial charge in [0.25, 0.3) is 0 Å². The van der Waals surface area contributed by atoms with Gasteiger partial charge in [-0.05, 0) is 102 Å². The Balaban J connectivity index is 1.29. The van der Waals surface area contributed by atoms with Crippen molar-refractivity contribution in [1.29, 1.82) is 0 Å². The van der Waals surface area contributed by atoms with Gasteiger partial charge in [0.05, 0.1) is 24.2 Å². The van der Waals surface area contributed by atoms with E-state index in [1.165, 1.54) is 0 Å². The standard InChI is InChI=1S/C35H53N3O8/c1-23(2)36-14-16-37(17-15-36)29(39)21-35(42,11-6-9-33(3,4)41)32(40)46-31-28(43-5)20-34-10-7-12-38(34)13-8-24-18-26-27(45-22-44-26)19-25(24)30(31)34/h18-20,23,29-31,39,41-42H,6-17,21-22H2,1-5H3/t29?,30-,31-,34+,35-/m1/s1. The van der Waals surface area contributed by atoms with E-state index in [-0.39, 0.29) is 25.6 Å². The van der Waals surface area contributed by atoms with Gasteiger partial charge >= 0.3 is 5.97 Å². The summed E-state index contributed by atoms with van der Waals surface area (Å²) in [6.45, 7) is 12.6. The third kappa shape index (κ3) is 6.39. The van der Waals surface area contributed by atoms with Crippen molar-refractivity contribution in [2.75, 3.05) is 53.2 Å². The van der Waals surface area contributed by atoms with Gasteiger partial charge in [-0.2, -0.15) is 0 Å². The molecule has 6 rings (SSSR count). The van der Waals surface area contributed by atoms with E-state index in [1.807, 2.05) is 11.0 Å². The lowest BCUT2D eigenvalue weighted by molar-refractivity contribution is -0.181. The number of piperazine rings is 1. The summed E-state index contributed by atoms with van der Waals surface area (Å²) in [5, 5.41) is 33.9. The summed E-state index contributed by atoms with van der Waals surface area (Å²) in [7, 11) is 1.60. The van der Waals surface area contributed by atoms with Crippen molar-refractivity contribution in [2.45, 2.75) is 114 Å². The van der Waals surface area contributed by atoms with Crippen LogP contribution in [0.25, 0.3) is 0 Å². The fraction of sp³-hybridized carbons (Fsp3) is 0.743. The molecule has 11 heteroatoms. The Hall–Kier alpha value is -2.41. The third-order valence-electron chi connectivity index (χ3n) is 11.0. The van der Waals surface area contributed by atoms with Crippen LogP contribution in [0.4, 0.5) is 0 Å². The van der Waals surface area contributed by atoms with Crippen LogP contribution in [0, 0.1) is 0 Å². The fourth-order valence-electron chi connectivity index (χ4n) is 8.40. The van der Waals surface area contributed by atoms with Gasteiger partial charge in [-0.25, -0.2) is 4.79 Å². The summed E-state index contributed by atoms with van der Waals surface area (Å²) in [5.74, 6) is 0.936. The van der Waals surface area contributed by atoms with Crippen molar-refractivity contribution >= 4 is 5.97 Å². The van der Waals surface area contributed by atoms with Gasteiger partial charge in [0.1, 0.15) is 12.0 Å². The lowest BCUT2D eigenvalue weighted by atomic mass is 9.77. The number of fused-ring (bicyclic) bond motifs is 3. The van der Waals surface area contributed by atoms with Gasteiger partial charge in [0.2, 0.25) is 6.79 Å². The Morgan fingerprint density at radius 2 is 1.74 bits per heavy atom. The van der Waals surface area contributed by atoms with Crippen LogP contribution < -0.4 is 9.47 Å². The molecule has 11 nitrogen and oxygen atoms in total. The van der Waals surface area contributed by atoms with E-state index in [9.17, 15) is 20.1 Å². The molecule has 4 aliphatic heterocycles. The topological polar surface area (TPSA) is 124 Å². The van der Waals surface area contributed by atoms with Gasteiger partial charge in [0, 0.05) is 45.2 Å². The highest BCUT2D eigenvalue weighted by atomic mass is 16.7. The van der Waals surface area contributed by atoms with E-state index < -0.39 is 35.0 Å². The first-order chi connectivity index (χ1) is 21.8. The van der Waals surface area contributed by atoms with Crippen molar-refractivity contribution < 1.29 is 39.1 Å². The van der Waals surface area contributed by atoms with Crippen molar-refractivity contribution in [1.82, 2.24) is 14.7 Å². The molecule has 4 heterocycles. The predicted octanol–water partition coefficient (Wildman–Crippen LogP) is 2.75. The SMILES string of the molecule is COC1=C[C@]23CCCN2CCc2cc4c(cc2[C@@H]3[C@@H]1OC(=O)[C@@](O)(CCCC(C)(C)O)CC(O)N1CCN(C(C)C)CC1)OCO4. The van der Waals surface area contributed by atoms with Gasteiger partial charge < -0.3 is 34.3 Å². The van der Waals surface area contributed by atoms with Crippen LogP contribution in [0.1, 0.15) is 83.3 Å². The lowest BCUT2D eigenvalue weighted by Gasteiger charge is -2.41. The number of carbonyl (C=O) groups is 1. The molecule has 0 aromatic heterocycles. The molecule has 1 aliphatic carbocycles. The molecular weight excluding hydrogens is 590 g/mol. The van der Waals surface area contributed by atoms with E-state index in [4.69, 9.17) is 18.9 Å². The second kappa shape index (κ2) is 12.9.